The Kier molecular flexibility index (Phi) is 5.26. The highest BCUT2D eigenvalue weighted by molar-refractivity contribution is 5.85. The first kappa shape index (κ1) is 15.4. The average molecular weight is 286 g/mol. The summed E-state index contributed by atoms with van der Waals surface area (Å²) in [4.78, 5) is 23.4. The van der Waals surface area contributed by atoms with Gasteiger partial charge in [0.05, 0.1) is 11.0 Å². The standard InChI is InChI=1S/C12H15N3O3.ClH/c13-11-6-8-14(12(11)16)7-5-9-1-3-10(4-2-9)15(17)18;/h1-4,11H,5-8,13H2;1H. The summed E-state index contributed by atoms with van der Waals surface area (Å²) >= 11 is 0. The van der Waals surface area contributed by atoms with Gasteiger partial charge in [0.1, 0.15) is 0 Å². The highest BCUT2D eigenvalue weighted by Gasteiger charge is 2.27. The molecule has 0 radical (unpaired) electrons. The molecular formula is C12H16ClN3O3. The van der Waals surface area contributed by atoms with Gasteiger partial charge in [-0.25, -0.2) is 0 Å². The van der Waals surface area contributed by atoms with Crippen molar-refractivity contribution in [1.29, 1.82) is 0 Å². The summed E-state index contributed by atoms with van der Waals surface area (Å²) in [5, 5.41) is 10.5. The van der Waals surface area contributed by atoms with Crippen LogP contribution in [-0.2, 0) is 11.2 Å². The van der Waals surface area contributed by atoms with E-state index in [0.29, 0.717) is 25.9 Å². The van der Waals surface area contributed by atoms with Crippen molar-refractivity contribution in [2.75, 3.05) is 13.1 Å². The second-order valence-corrected chi connectivity index (χ2v) is 4.39. The summed E-state index contributed by atoms with van der Waals surface area (Å²) in [6.07, 6.45) is 1.40. The predicted octanol–water partition coefficient (Wildman–Crippen LogP) is 1.12. The third-order valence-electron chi connectivity index (χ3n) is 3.16. The lowest BCUT2D eigenvalue weighted by Crippen LogP contribution is -2.35. The lowest BCUT2D eigenvalue weighted by atomic mass is 10.1. The molecule has 2 N–H and O–H groups in total. The largest absolute Gasteiger partial charge is 0.341 e. The van der Waals surface area contributed by atoms with Gasteiger partial charge in [0.2, 0.25) is 5.91 Å². The van der Waals surface area contributed by atoms with Crippen LogP contribution in [0.1, 0.15) is 12.0 Å². The second kappa shape index (κ2) is 6.49. The molecule has 0 aromatic heterocycles. The van der Waals surface area contributed by atoms with Crippen LogP contribution < -0.4 is 5.73 Å². The zero-order valence-corrected chi connectivity index (χ0v) is 11.1. The topological polar surface area (TPSA) is 89.5 Å². The van der Waals surface area contributed by atoms with Crippen LogP contribution in [0.5, 0.6) is 0 Å². The first-order valence-electron chi connectivity index (χ1n) is 5.85. The van der Waals surface area contributed by atoms with Gasteiger partial charge in [-0.3, -0.25) is 14.9 Å². The highest BCUT2D eigenvalue weighted by atomic mass is 35.5. The molecule has 0 saturated carbocycles. The maximum Gasteiger partial charge on any atom is 0.269 e. The number of likely N-dealkylation sites (tertiary alicyclic amines) is 1. The molecule has 104 valence electrons. The molecule has 1 aromatic carbocycles. The molecule has 7 heteroatoms. The number of nitro benzene ring substituents is 1. The summed E-state index contributed by atoms with van der Waals surface area (Å²) in [6.45, 7) is 1.32. The van der Waals surface area contributed by atoms with Crippen molar-refractivity contribution < 1.29 is 9.72 Å². The molecule has 1 heterocycles. The number of nitrogens with zero attached hydrogens (tertiary/aromatic N) is 2. The van der Waals surface area contributed by atoms with E-state index in [1.54, 1.807) is 17.0 Å². The summed E-state index contributed by atoms with van der Waals surface area (Å²) in [5.41, 5.74) is 6.69. The quantitative estimate of drug-likeness (QED) is 0.663. The molecule has 1 amide bonds. The van der Waals surface area contributed by atoms with Crippen LogP contribution in [0.4, 0.5) is 5.69 Å². The molecule has 0 spiro atoms. The number of rotatable bonds is 4. The van der Waals surface area contributed by atoms with E-state index < -0.39 is 4.92 Å². The van der Waals surface area contributed by atoms with Crippen LogP contribution in [0.25, 0.3) is 0 Å². The van der Waals surface area contributed by atoms with Crippen LogP contribution in [0, 0.1) is 10.1 Å². The van der Waals surface area contributed by atoms with E-state index in [1.807, 2.05) is 0 Å². The van der Waals surface area contributed by atoms with Crippen LogP contribution in [0.3, 0.4) is 0 Å². The molecule has 2 rings (SSSR count). The minimum atomic E-state index is -0.424. The molecule has 1 aliphatic heterocycles. The molecule has 1 aliphatic rings. The third kappa shape index (κ3) is 3.65. The van der Waals surface area contributed by atoms with Gasteiger partial charge < -0.3 is 10.6 Å². The summed E-state index contributed by atoms with van der Waals surface area (Å²) in [7, 11) is 0. The molecule has 19 heavy (non-hydrogen) atoms. The number of hydrogen-bond acceptors (Lipinski definition) is 4. The summed E-state index contributed by atoms with van der Waals surface area (Å²) in [6, 6.07) is 6.04. The summed E-state index contributed by atoms with van der Waals surface area (Å²) in [5.74, 6) is -0.00286. The molecule has 1 unspecified atom stereocenters. The van der Waals surface area contributed by atoms with E-state index in [-0.39, 0.29) is 30.0 Å². The molecule has 0 aliphatic carbocycles. The fraction of sp³-hybridized carbons (Fsp3) is 0.417. The van der Waals surface area contributed by atoms with Crippen molar-refractivity contribution in [3.05, 3.63) is 39.9 Å². The number of carbonyl (C=O) groups excluding carboxylic acids is 1. The lowest BCUT2D eigenvalue weighted by molar-refractivity contribution is -0.384. The normalized spacial score (nSPS) is 18.3. The Balaban J connectivity index is 0.00000180. The Hall–Kier alpha value is -1.66. The van der Waals surface area contributed by atoms with E-state index in [4.69, 9.17) is 5.73 Å². The van der Waals surface area contributed by atoms with E-state index in [9.17, 15) is 14.9 Å². The van der Waals surface area contributed by atoms with Crippen molar-refractivity contribution in [2.45, 2.75) is 18.9 Å². The molecule has 0 bridgehead atoms. The van der Waals surface area contributed by atoms with Crippen molar-refractivity contribution >= 4 is 24.0 Å². The maximum absolute atomic E-state index is 11.6. The maximum atomic E-state index is 11.6. The SMILES string of the molecule is Cl.NC1CCN(CCc2ccc([N+](=O)[O-])cc2)C1=O. The number of carbonyl (C=O) groups is 1. The smallest absolute Gasteiger partial charge is 0.269 e. The fourth-order valence-corrected chi connectivity index (χ4v) is 2.03. The van der Waals surface area contributed by atoms with E-state index in [2.05, 4.69) is 0 Å². The minimum absolute atomic E-state index is 0. The Morgan fingerprint density at radius 1 is 1.37 bits per heavy atom. The highest BCUT2D eigenvalue weighted by Crippen LogP contribution is 2.14. The number of halogens is 1. The van der Waals surface area contributed by atoms with Gasteiger partial charge in [-0.05, 0) is 18.4 Å². The van der Waals surface area contributed by atoms with Gasteiger partial charge >= 0.3 is 0 Å². The number of nitro groups is 1. The zero-order chi connectivity index (χ0) is 13.1. The minimum Gasteiger partial charge on any atom is -0.341 e. The first-order chi connectivity index (χ1) is 8.58. The van der Waals surface area contributed by atoms with E-state index in [0.717, 1.165) is 5.56 Å². The first-order valence-corrected chi connectivity index (χ1v) is 5.85. The van der Waals surface area contributed by atoms with Gasteiger partial charge in [0.15, 0.2) is 0 Å². The number of benzene rings is 1. The summed E-state index contributed by atoms with van der Waals surface area (Å²) < 4.78 is 0. The Morgan fingerprint density at radius 2 is 2.00 bits per heavy atom. The number of nitrogens with two attached hydrogens (primary N) is 1. The predicted molar refractivity (Wildman–Crippen MR) is 73.2 cm³/mol. The van der Waals surface area contributed by atoms with E-state index in [1.165, 1.54) is 12.1 Å². The Bertz CT molecular complexity index is 464. The lowest BCUT2D eigenvalue weighted by Gasteiger charge is -2.15. The van der Waals surface area contributed by atoms with Crippen molar-refractivity contribution in [3.8, 4) is 0 Å². The van der Waals surface area contributed by atoms with Crippen molar-refractivity contribution in [2.24, 2.45) is 5.73 Å². The average Bonchev–Trinajstić information content (AvgIpc) is 2.68. The van der Waals surface area contributed by atoms with Crippen molar-refractivity contribution in [1.82, 2.24) is 4.90 Å². The monoisotopic (exact) mass is 285 g/mol. The van der Waals surface area contributed by atoms with Gasteiger partial charge in [-0.15, -0.1) is 12.4 Å². The molecular weight excluding hydrogens is 270 g/mol. The van der Waals surface area contributed by atoms with Crippen LogP contribution in [-0.4, -0.2) is 34.9 Å². The fourth-order valence-electron chi connectivity index (χ4n) is 2.03. The van der Waals surface area contributed by atoms with Gasteiger partial charge in [-0.2, -0.15) is 0 Å². The van der Waals surface area contributed by atoms with Crippen molar-refractivity contribution in [3.63, 3.8) is 0 Å². The number of non-ortho nitro benzene ring substituents is 1. The molecule has 1 saturated heterocycles. The molecule has 6 nitrogen and oxygen atoms in total. The molecule has 1 fully saturated rings. The molecule has 1 aromatic rings. The van der Waals surface area contributed by atoms with Crippen LogP contribution in [0.2, 0.25) is 0 Å². The molecule has 1 atom stereocenters. The third-order valence-corrected chi connectivity index (χ3v) is 3.16. The van der Waals surface area contributed by atoms with Crippen LogP contribution in [0.15, 0.2) is 24.3 Å². The number of hydrogen-bond donors (Lipinski definition) is 1. The second-order valence-electron chi connectivity index (χ2n) is 4.39. The van der Waals surface area contributed by atoms with Gasteiger partial charge in [0.25, 0.3) is 5.69 Å². The van der Waals surface area contributed by atoms with E-state index >= 15 is 0 Å². The van der Waals surface area contributed by atoms with Crippen LogP contribution >= 0.6 is 12.4 Å². The Labute approximate surface area is 117 Å². The Morgan fingerprint density at radius 3 is 2.47 bits per heavy atom. The number of amides is 1. The zero-order valence-electron chi connectivity index (χ0n) is 10.3. The van der Waals surface area contributed by atoms with Gasteiger partial charge in [0, 0.05) is 25.2 Å². The van der Waals surface area contributed by atoms with Gasteiger partial charge in [-0.1, -0.05) is 12.1 Å².